The molecule has 31 valence electrons. The zero-order valence-electron chi connectivity index (χ0n) is 2.99. The van der Waals surface area contributed by atoms with Crippen LogP contribution in [0.4, 0.5) is 0 Å². The number of hydrogen-bond acceptors (Lipinski definition) is 1. The number of carbonyl (C=O) groups excluding carboxylic acids is 1. The second kappa shape index (κ2) is 8.89. The summed E-state index contributed by atoms with van der Waals surface area (Å²) in [5.74, 6) is 0. The summed E-state index contributed by atoms with van der Waals surface area (Å²) in [6, 6.07) is 0. The van der Waals surface area contributed by atoms with Gasteiger partial charge in [0.05, 0.1) is 0 Å². The molecule has 0 aliphatic heterocycles. The minimum absolute atomic E-state index is 0. The molecule has 2 heteroatoms. The Morgan fingerprint density at radius 2 is 2.00 bits per heavy atom. The van der Waals surface area contributed by atoms with Crippen LogP contribution in [-0.4, -0.2) is 6.29 Å². The van der Waals surface area contributed by atoms with Gasteiger partial charge < -0.3 is 4.79 Å². The monoisotopic (exact) mass is 112 g/mol. The van der Waals surface area contributed by atoms with Gasteiger partial charge in [0, 0.05) is 17.1 Å². The first-order chi connectivity index (χ1) is 1.91. The topological polar surface area (TPSA) is 17.1 Å². The van der Waals surface area contributed by atoms with E-state index < -0.39 is 0 Å². The zero-order chi connectivity index (χ0) is 3.41. The first kappa shape index (κ1) is 8.95. The molecule has 0 aliphatic rings. The Hall–Kier alpha value is 0.189. The summed E-state index contributed by atoms with van der Waals surface area (Å²) in [6.45, 7) is 1.76. The van der Waals surface area contributed by atoms with Crippen molar-refractivity contribution in [3.63, 3.8) is 0 Å². The minimum atomic E-state index is 0. The van der Waals surface area contributed by atoms with E-state index in [2.05, 4.69) is 0 Å². The van der Waals surface area contributed by atoms with Crippen LogP contribution in [0.3, 0.4) is 0 Å². The van der Waals surface area contributed by atoms with Crippen LogP contribution in [0, 0.1) is 0 Å². The standard InChI is InChI=1S/C3H5O.Mn/c1-2-3-4;/h2H2,1H3;/q-1;. The van der Waals surface area contributed by atoms with E-state index in [0.717, 1.165) is 0 Å². The van der Waals surface area contributed by atoms with Gasteiger partial charge >= 0.3 is 0 Å². The predicted molar refractivity (Wildman–Crippen MR) is 16.0 cm³/mol. The molecular formula is C3H5MnO-. The molecule has 0 heterocycles. The smallest absolute Gasteiger partial charge is 0 e. The van der Waals surface area contributed by atoms with E-state index in [1.165, 1.54) is 0 Å². The molecular weight excluding hydrogens is 107 g/mol. The zero-order valence-corrected chi connectivity index (χ0v) is 4.17. The molecule has 0 saturated carbocycles. The van der Waals surface area contributed by atoms with Crippen molar-refractivity contribution in [3.05, 3.63) is 0 Å². The molecule has 0 aromatic carbocycles. The fourth-order valence-electron chi connectivity index (χ4n) is 0. The maximum absolute atomic E-state index is 9.05. The first-order valence-corrected chi connectivity index (χ1v) is 1.26. The van der Waals surface area contributed by atoms with Gasteiger partial charge in [0.1, 0.15) is 0 Å². The van der Waals surface area contributed by atoms with E-state index >= 15 is 0 Å². The van der Waals surface area contributed by atoms with E-state index in [-0.39, 0.29) is 17.1 Å². The van der Waals surface area contributed by atoms with Crippen LogP contribution >= 0.6 is 0 Å². The van der Waals surface area contributed by atoms with Gasteiger partial charge in [0.15, 0.2) is 0 Å². The van der Waals surface area contributed by atoms with Crippen LogP contribution in [0.1, 0.15) is 13.3 Å². The van der Waals surface area contributed by atoms with Crippen LogP contribution < -0.4 is 0 Å². The Morgan fingerprint density at radius 1 is 1.80 bits per heavy atom. The second-order valence-corrected chi connectivity index (χ2v) is 0.498. The van der Waals surface area contributed by atoms with Crippen molar-refractivity contribution in [1.82, 2.24) is 0 Å². The predicted octanol–water partition coefficient (Wildman–Crippen LogP) is 0.504. The molecule has 5 heavy (non-hydrogen) atoms. The van der Waals surface area contributed by atoms with E-state index in [1.54, 1.807) is 13.2 Å². The van der Waals surface area contributed by atoms with Gasteiger partial charge in [-0.2, -0.15) is 6.42 Å². The average Bonchev–Trinajstić information content (AvgIpc) is 1.37. The van der Waals surface area contributed by atoms with Gasteiger partial charge in [-0.3, -0.25) is 6.29 Å². The summed E-state index contributed by atoms with van der Waals surface area (Å²) < 4.78 is 0. The van der Waals surface area contributed by atoms with Crippen molar-refractivity contribution in [2.45, 2.75) is 13.3 Å². The molecule has 0 spiro atoms. The van der Waals surface area contributed by atoms with Crippen molar-refractivity contribution in [2.75, 3.05) is 0 Å². The van der Waals surface area contributed by atoms with Crippen LogP contribution in [0.25, 0.3) is 0 Å². The Bertz CT molecular complexity index is 20.9. The van der Waals surface area contributed by atoms with Crippen molar-refractivity contribution < 1.29 is 21.9 Å². The second-order valence-electron chi connectivity index (χ2n) is 0.498. The van der Waals surface area contributed by atoms with Gasteiger partial charge in [0.2, 0.25) is 0 Å². The van der Waals surface area contributed by atoms with Crippen molar-refractivity contribution in [3.8, 4) is 0 Å². The Balaban J connectivity index is 0. The minimum Gasteiger partial charge on any atom is -0.542 e. The van der Waals surface area contributed by atoms with Gasteiger partial charge in [-0.1, -0.05) is 6.92 Å². The van der Waals surface area contributed by atoms with E-state index in [1.807, 2.05) is 0 Å². The Labute approximate surface area is 42.2 Å². The fraction of sp³-hybridized carbons (Fsp3) is 0.667. The van der Waals surface area contributed by atoms with Gasteiger partial charge in [-0.25, -0.2) is 0 Å². The third-order valence-corrected chi connectivity index (χ3v) is 0.144. The van der Waals surface area contributed by atoms with Gasteiger partial charge in [-0.05, 0) is 0 Å². The van der Waals surface area contributed by atoms with Crippen LogP contribution in [0.2, 0.25) is 0 Å². The van der Waals surface area contributed by atoms with Crippen molar-refractivity contribution >= 4 is 6.29 Å². The molecule has 0 aromatic rings. The van der Waals surface area contributed by atoms with E-state index in [4.69, 9.17) is 4.79 Å². The molecule has 0 rings (SSSR count). The van der Waals surface area contributed by atoms with Crippen LogP contribution in [0.15, 0.2) is 0 Å². The summed E-state index contributed by atoms with van der Waals surface area (Å²) in [4.78, 5) is 9.05. The molecule has 0 unspecified atom stereocenters. The van der Waals surface area contributed by atoms with E-state index in [0.29, 0.717) is 6.42 Å². The molecule has 0 bridgehead atoms. The average molecular weight is 112 g/mol. The quantitative estimate of drug-likeness (QED) is 0.356. The summed E-state index contributed by atoms with van der Waals surface area (Å²) in [5.41, 5.74) is 0. The number of rotatable bonds is 1. The molecule has 1 nitrogen and oxygen atoms in total. The fourth-order valence-corrected chi connectivity index (χ4v) is 0. The maximum atomic E-state index is 9.05. The van der Waals surface area contributed by atoms with Crippen LogP contribution in [-0.2, 0) is 21.9 Å². The summed E-state index contributed by atoms with van der Waals surface area (Å²) in [6.07, 6.45) is 2.19. The maximum Gasteiger partial charge on any atom is 0 e. The number of hydrogen-bond donors (Lipinski definition) is 0. The SMILES string of the molecule is CC[C-]=O.[Mn]. The molecule has 0 aliphatic carbocycles. The Kier molecular flexibility index (Phi) is 15.9. The normalized spacial score (nSPS) is 5.00. The molecule has 0 aromatic heterocycles. The molecule has 1 radical (unpaired) electrons. The van der Waals surface area contributed by atoms with E-state index in [9.17, 15) is 0 Å². The summed E-state index contributed by atoms with van der Waals surface area (Å²) in [7, 11) is 0. The largest absolute Gasteiger partial charge is 0.542 e. The van der Waals surface area contributed by atoms with Gasteiger partial charge in [-0.15, -0.1) is 0 Å². The third-order valence-electron chi connectivity index (χ3n) is 0.144. The van der Waals surface area contributed by atoms with Crippen molar-refractivity contribution in [2.24, 2.45) is 0 Å². The van der Waals surface area contributed by atoms with Gasteiger partial charge in [0.25, 0.3) is 0 Å². The first-order valence-electron chi connectivity index (χ1n) is 1.26. The Morgan fingerprint density at radius 3 is 2.00 bits per heavy atom. The molecule has 0 fully saturated rings. The summed E-state index contributed by atoms with van der Waals surface area (Å²) >= 11 is 0. The summed E-state index contributed by atoms with van der Waals surface area (Å²) in [5, 5.41) is 0. The molecule has 0 saturated heterocycles. The molecule has 0 amide bonds. The van der Waals surface area contributed by atoms with Crippen molar-refractivity contribution in [1.29, 1.82) is 0 Å². The molecule has 0 N–H and O–H groups in total. The van der Waals surface area contributed by atoms with Crippen LogP contribution in [0.5, 0.6) is 0 Å². The molecule has 0 atom stereocenters. The third kappa shape index (κ3) is 14.2.